The van der Waals surface area contributed by atoms with Crippen molar-refractivity contribution in [1.29, 1.82) is 0 Å². The fraction of sp³-hybridized carbons (Fsp3) is 0.0870. The van der Waals surface area contributed by atoms with E-state index in [2.05, 4.69) is 15.8 Å². The standard InChI is InChI=1S/C23H21N3O3/c1-16-4-3-5-19(14-16)22(27)25-20-10-8-18(9-11-20)23(28)26-24-15-17-6-12-21(29-2)13-7-17/h3-15H,1-2H3,(H,25,27)(H,26,28)/b24-15+. The quantitative estimate of drug-likeness (QED) is 0.495. The van der Waals surface area contributed by atoms with Gasteiger partial charge in [-0.05, 0) is 73.2 Å². The van der Waals surface area contributed by atoms with Crippen molar-refractivity contribution in [3.05, 3.63) is 95.1 Å². The third-order valence-corrected chi connectivity index (χ3v) is 4.18. The van der Waals surface area contributed by atoms with Gasteiger partial charge in [0.25, 0.3) is 11.8 Å². The molecule has 3 rings (SSSR count). The van der Waals surface area contributed by atoms with Crippen molar-refractivity contribution in [3.63, 3.8) is 0 Å². The molecule has 3 aromatic rings. The molecule has 0 radical (unpaired) electrons. The van der Waals surface area contributed by atoms with Gasteiger partial charge in [0.1, 0.15) is 5.75 Å². The zero-order valence-electron chi connectivity index (χ0n) is 16.2. The van der Waals surface area contributed by atoms with Crippen molar-refractivity contribution >= 4 is 23.7 Å². The van der Waals surface area contributed by atoms with Gasteiger partial charge in [0.15, 0.2) is 0 Å². The topological polar surface area (TPSA) is 79.8 Å². The number of carbonyl (C=O) groups is 2. The molecule has 29 heavy (non-hydrogen) atoms. The summed E-state index contributed by atoms with van der Waals surface area (Å²) in [6, 6.07) is 21.2. The van der Waals surface area contributed by atoms with E-state index in [0.717, 1.165) is 16.9 Å². The molecular formula is C23H21N3O3. The predicted octanol–water partition coefficient (Wildman–Crippen LogP) is 4.02. The second kappa shape index (κ2) is 9.32. The Morgan fingerprint density at radius 2 is 1.62 bits per heavy atom. The number of nitrogens with one attached hydrogen (secondary N) is 2. The number of methoxy groups -OCH3 is 1. The number of ether oxygens (including phenoxy) is 1. The van der Waals surface area contributed by atoms with Crippen LogP contribution in [-0.4, -0.2) is 25.1 Å². The van der Waals surface area contributed by atoms with Gasteiger partial charge in [0, 0.05) is 16.8 Å². The van der Waals surface area contributed by atoms with Crippen LogP contribution < -0.4 is 15.5 Å². The summed E-state index contributed by atoms with van der Waals surface area (Å²) in [6.07, 6.45) is 1.55. The maximum absolute atomic E-state index is 12.3. The Morgan fingerprint density at radius 1 is 0.897 bits per heavy atom. The van der Waals surface area contributed by atoms with Gasteiger partial charge in [-0.3, -0.25) is 9.59 Å². The molecule has 0 fully saturated rings. The SMILES string of the molecule is COc1ccc(/C=N/NC(=O)c2ccc(NC(=O)c3cccc(C)c3)cc2)cc1. The zero-order chi connectivity index (χ0) is 20.6. The maximum atomic E-state index is 12.3. The van der Waals surface area contributed by atoms with E-state index in [1.54, 1.807) is 43.7 Å². The lowest BCUT2D eigenvalue weighted by molar-refractivity contribution is 0.0954. The van der Waals surface area contributed by atoms with Crippen LogP contribution in [0.5, 0.6) is 5.75 Å². The van der Waals surface area contributed by atoms with Crippen LogP contribution in [-0.2, 0) is 0 Å². The van der Waals surface area contributed by atoms with Crippen LogP contribution >= 0.6 is 0 Å². The lowest BCUT2D eigenvalue weighted by Crippen LogP contribution is -2.17. The molecule has 0 unspecified atom stereocenters. The largest absolute Gasteiger partial charge is 0.497 e. The summed E-state index contributed by atoms with van der Waals surface area (Å²) < 4.78 is 5.09. The van der Waals surface area contributed by atoms with Crippen molar-refractivity contribution in [2.45, 2.75) is 6.92 Å². The number of hydrogen-bond acceptors (Lipinski definition) is 4. The Hall–Kier alpha value is -3.93. The molecule has 0 atom stereocenters. The molecule has 0 heterocycles. The minimum atomic E-state index is -0.341. The molecular weight excluding hydrogens is 366 g/mol. The first-order valence-electron chi connectivity index (χ1n) is 9.01. The highest BCUT2D eigenvalue weighted by atomic mass is 16.5. The van der Waals surface area contributed by atoms with E-state index >= 15 is 0 Å². The Morgan fingerprint density at radius 3 is 2.28 bits per heavy atom. The molecule has 6 heteroatoms. The average Bonchev–Trinajstić information content (AvgIpc) is 2.74. The molecule has 6 nitrogen and oxygen atoms in total. The first-order chi connectivity index (χ1) is 14.0. The summed E-state index contributed by atoms with van der Waals surface area (Å²) in [5.41, 5.74) is 5.95. The van der Waals surface area contributed by atoms with Crippen molar-refractivity contribution in [1.82, 2.24) is 5.43 Å². The van der Waals surface area contributed by atoms with Gasteiger partial charge in [-0.25, -0.2) is 5.43 Å². The molecule has 0 spiro atoms. The summed E-state index contributed by atoms with van der Waals surface area (Å²) in [5.74, 6) is 0.210. The maximum Gasteiger partial charge on any atom is 0.271 e. The fourth-order valence-electron chi connectivity index (χ4n) is 2.61. The smallest absolute Gasteiger partial charge is 0.271 e. The molecule has 2 N–H and O–H groups in total. The molecule has 3 aromatic carbocycles. The second-order valence-electron chi connectivity index (χ2n) is 6.37. The Bertz CT molecular complexity index is 1030. The van der Waals surface area contributed by atoms with E-state index in [4.69, 9.17) is 4.74 Å². The lowest BCUT2D eigenvalue weighted by Gasteiger charge is -2.07. The van der Waals surface area contributed by atoms with Gasteiger partial charge in [0.05, 0.1) is 13.3 Å². The van der Waals surface area contributed by atoms with E-state index in [1.165, 1.54) is 0 Å². The van der Waals surface area contributed by atoms with E-state index in [0.29, 0.717) is 16.8 Å². The van der Waals surface area contributed by atoms with Crippen LogP contribution in [0.15, 0.2) is 77.9 Å². The number of hydrogen-bond donors (Lipinski definition) is 2. The average molecular weight is 387 g/mol. The Labute approximate surface area is 169 Å². The second-order valence-corrected chi connectivity index (χ2v) is 6.37. The molecule has 2 amide bonds. The fourth-order valence-corrected chi connectivity index (χ4v) is 2.61. The molecule has 0 saturated carbocycles. The number of hydrazone groups is 1. The van der Waals surface area contributed by atoms with E-state index in [9.17, 15) is 9.59 Å². The number of anilines is 1. The van der Waals surface area contributed by atoms with Crippen LogP contribution in [0.25, 0.3) is 0 Å². The number of nitrogens with zero attached hydrogens (tertiary/aromatic N) is 1. The molecule has 0 bridgehead atoms. The summed E-state index contributed by atoms with van der Waals surface area (Å²) in [7, 11) is 1.60. The molecule has 0 aliphatic carbocycles. The third kappa shape index (κ3) is 5.52. The van der Waals surface area contributed by atoms with Crippen LogP contribution in [0.1, 0.15) is 31.8 Å². The monoisotopic (exact) mass is 387 g/mol. The number of carbonyl (C=O) groups excluding carboxylic acids is 2. The highest BCUT2D eigenvalue weighted by Gasteiger charge is 2.08. The van der Waals surface area contributed by atoms with Gasteiger partial charge < -0.3 is 10.1 Å². The predicted molar refractivity (Wildman–Crippen MR) is 114 cm³/mol. The normalized spacial score (nSPS) is 10.6. The number of amides is 2. The summed E-state index contributed by atoms with van der Waals surface area (Å²) >= 11 is 0. The molecule has 146 valence electrons. The highest BCUT2D eigenvalue weighted by molar-refractivity contribution is 6.04. The molecule has 0 aliphatic heterocycles. The van der Waals surface area contributed by atoms with Crippen LogP contribution in [0, 0.1) is 6.92 Å². The van der Waals surface area contributed by atoms with Gasteiger partial charge in [0.2, 0.25) is 0 Å². The van der Waals surface area contributed by atoms with Crippen molar-refractivity contribution in [2.24, 2.45) is 5.10 Å². The van der Waals surface area contributed by atoms with Crippen LogP contribution in [0.3, 0.4) is 0 Å². The van der Waals surface area contributed by atoms with Gasteiger partial charge in [-0.1, -0.05) is 17.7 Å². The van der Waals surface area contributed by atoms with Gasteiger partial charge in [-0.2, -0.15) is 5.10 Å². The van der Waals surface area contributed by atoms with Crippen LogP contribution in [0.4, 0.5) is 5.69 Å². The highest BCUT2D eigenvalue weighted by Crippen LogP contribution is 2.13. The third-order valence-electron chi connectivity index (χ3n) is 4.18. The van der Waals surface area contributed by atoms with Crippen LogP contribution in [0.2, 0.25) is 0 Å². The van der Waals surface area contributed by atoms with Crippen molar-refractivity contribution in [3.8, 4) is 5.75 Å². The number of aryl methyl sites for hydroxylation is 1. The molecule has 0 saturated heterocycles. The first kappa shape index (κ1) is 19.8. The van der Waals surface area contributed by atoms with E-state index < -0.39 is 0 Å². The zero-order valence-corrected chi connectivity index (χ0v) is 16.2. The Balaban J connectivity index is 1.56. The summed E-state index contributed by atoms with van der Waals surface area (Å²) in [6.45, 7) is 1.93. The van der Waals surface area contributed by atoms with Gasteiger partial charge >= 0.3 is 0 Å². The Kier molecular flexibility index (Phi) is 6.37. The molecule has 0 aromatic heterocycles. The first-order valence-corrected chi connectivity index (χ1v) is 9.01. The van der Waals surface area contributed by atoms with Crippen molar-refractivity contribution < 1.29 is 14.3 Å². The summed E-state index contributed by atoms with van der Waals surface area (Å²) in [5, 5.41) is 6.77. The minimum Gasteiger partial charge on any atom is -0.497 e. The van der Waals surface area contributed by atoms with E-state index in [-0.39, 0.29) is 11.8 Å². The number of rotatable bonds is 6. The van der Waals surface area contributed by atoms with Gasteiger partial charge in [-0.15, -0.1) is 0 Å². The van der Waals surface area contributed by atoms with E-state index in [1.807, 2.05) is 49.4 Å². The summed E-state index contributed by atoms with van der Waals surface area (Å²) in [4.78, 5) is 24.5. The minimum absolute atomic E-state index is 0.199. The number of benzene rings is 3. The van der Waals surface area contributed by atoms with Crippen molar-refractivity contribution in [2.75, 3.05) is 12.4 Å². The molecule has 0 aliphatic rings. The lowest BCUT2D eigenvalue weighted by atomic mass is 10.1.